The molecule has 0 amide bonds. The van der Waals surface area contributed by atoms with Crippen molar-refractivity contribution in [1.82, 2.24) is 9.97 Å². The van der Waals surface area contributed by atoms with Crippen LogP contribution in [0.4, 0.5) is 0 Å². The molecule has 1 unspecified atom stereocenters. The monoisotopic (exact) mass is 166 g/mol. The van der Waals surface area contributed by atoms with Crippen LogP contribution < -0.4 is 0 Å². The van der Waals surface area contributed by atoms with E-state index in [-0.39, 0.29) is 5.92 Å². The first kappa shape index (κ1) is 9.13. The molecule has 66 valence electrons. The predicted octanol–water partition coefficient (Wildman–Crippen LogP) is 1.53. The minimum Gasteiger partial charge on any atom is -0.384 e. The van der Waals surface area contributed by atoms with Crippen molar-refractivity contribution in [2.24, 2.45) is 0 Å². The fourth-order valence-corrected chi connectivity index (χ4v) is 0.982. The SMILES string of the molecule is COCC(C)c1ncc(C)cn1. The molecule has 0 saturated heterocycles. The molecular weight excluding hydrogens is 152 g/mol. The average molecular weight is 166 g/mol. The Balaban J connectivity index is 2.68. The molecule has 0 spiro atoms. The molecular formula is C9H14N2O. The third-order valence-corrected chi connectivity index (χ3v) is 1.66. The summed E-state index contributed by atoms with van der Waals surface area (Å²) in [6, 6.07) is 0. The van der Waals surface area contributed by atoms with Gasteiger partial charge in [0.2, 0.25) is 0 Å². The number of rotatable bonds is 3. The van der Waals surface area contributed by atoms with Crippen molar-refractivity contribution in [3.05, 3.63) is 23.8 Å². The zero-order valence-electron chi connectivity index (χ0n) is 7.74. The zero-order valence-corrected chi connectivity index (χ0v) is 7.74. The average Bonchev–Trinajstić information content (AvgIpc) is 2.06. The van der Waals surface area contributed by atoms with Gasteiger partial charge in [0.1, 0.15) is 5.82 Å². The van der Waals surface area contributed by atoms with Gasteiger partial charge in [-0.3, -0.25) is 0 Å². The van der Waals surface area contributed by atoms with Crippen LogP contribution in [0.5, 0.6) is 0 Å². The van der Waals surface area contributed by atoms with Crippen LogP contribution in [0.2, 0.25) is 0 Å². The maximum Gasteiger partial charge on any atom is 0.133 e. The maximum absolute atomic E-state index is 5.01. The second-order valence-electron chi connectivity index (χ2n) is 2.98. The highest BCUT2D eigenvalue weighted by molar-refractivity contribution is 5.04. The molecule has 0 fully saturated rings. The van der Waals surface area contributed by atoms with E-state index >= 15 is 0 Å². The van der Waals surface area contributed by atoms with Gasteiger partial charge in [-0.25, -0.2) is 9.97 Å². The Morgan fingerprint density at radius 3 is 2.50 bits per heavy atom. The summed E-state index contributed by atoms with van der Waals surface area (Å²) in [5.41, 5.74) is 1.09. The van der Waals surface area contributed by atoms with Gasteiger partial charge in [0.15, 0.2) is 0 Å². The first-order valence-corrected chi connectivity index (χ1v) is 4.01. The number of aryl methyl sites for hydroxylation is 1. The molecule has 0 N–H and O–H groups in total. The highest BCUT2D eigenvalue weighted by Gasteiger charge is 2.06. The molecule has 0 bridgehead atoms. The summed E-state index contributed by atoms with van der Waals surface area (Å²) in [6.07, 6.45) is 3.66. The number of hydrogen-bond donors (Lipinski definition) is 0. The fourth-order valence-electron chi connectivity index (χ4n) is 0.982. The Morgan fingerprint density at radius 2 is 2.00 bits per heavy atom. The Morgan fingerprint density at radius 1 is 1.42 bits per heavy atom. The highest BCUT2D eigenvalue weighted by Crippen LogP contribution is 2.08. The van der Waals surface area contributed by atoms with Crippen molar-refractivity contribution in [2.45, 2.75) is 19.8 Å². The van der Waals surface area contributed by atoms with Gasteiger partial charge in [-0.2, -0.15) is 0 Å². The minimum atomic E-state index is 0.274. The van der Waals surface area contributed by atoms with Gasteiger partial charge in [0.05, 0.1) is 6.61 Å². The van der Waals surface area contributed by atoms with Crippen LogP contribution in [-0.2, 0) is 4.74 Å². The van der Waals surface area contributed by atoms with Crippen LogP contribution in [-0.4, -0.2) is 23.7 Å². The van der Waals surface area contributed by atoms with Crippen LogP contribution in [0.15, 0.2) is 12.4 Å². The van der Waals surface area contributed by atoms with Gasteiger partial charge >= 0.3 is 0 Å². The third-order valence-electron chi connectivity index (χ3n) is 1.66. The number of hydrogen-bond acceptors (Lipinski definition) is 3. The number of methoxy groups -OCH3 is 1. The molecule has 0 radical (unpaired) electrons. The summed E-state index contributed by atoms with van der Waals surface area (Å²) in [5, 5.41) is 0. The molecule has 0 saturated carbocycles. The summed E-state index contributed by atoms with van der Waals surface area (Å²) in [6.45, 7) is 4.70. The second kappa shape index (κ2) is 4.16. The van der Waals surface area contributed by atoms with Gasteiger partial charge in [-0.05, 0) is 12.5 Å². The Kier molecular flexibility index (Phi) is 3.17. The van der Waals surface area contributed by atoms with Gasteiger partial charge in [0, 0.05) is 25.4 Å². The quantitative estimate of drug-likeness (QED) is 0.683. The fraction of sp³-hybridized carbons (Fsp3) is 0.556. The molecule has 1 atom stereocenters. The van der Waals surface area contributed by atoms with Gasteiger partial charge in [-0.1, -0.05) is 6.92 Å². The number of nitrogens with zero attached hydrogens (tertiary/aromatic N) is 2. The van der Waals surface area contributed by atoms with E-state index < -0.39 is 0 Å². The first-order valence-electron chi connectivity index (χ1n) is 4.01. The van der Waals surface area contributed by atoms with Crippen LogP contribution >= 0.6 is 0 Å². The standard InChI is InChI=1S/C9H14N2O/c1-7-4-10-9(11-5-7)8(2)6-12-3/h4-5,8H,6H2,1-3H3. The van der Waals surface area contributed by atoms with Crippen molar-refractivity contribution in [3.63, 3.8) is 0 Å². The lowest BCUT2D eigenvalue weighted by atomic mass is 10.2. The molecule has 0 aromatic carbocycles. The van der Waals surface area contributed by atoms with Crippen molar-refractivity contribution in [1.29, 1.82) is 0 Å². The molecule has 1 rings (SSSR count). The summed E-state index contributed by atoms with van der Waals surface area (Å²) in [5.74, 6) is 1.12. The molecule has 0 aliphatic carbocycles. The Labute approximate surface area is 72.8 Å². The van der Waals surface area contributed by atoms with Crippen LogP contribution in [0.25, 0.3) is 0 Å². The molecule has 3 heteroatoms. The lowest BCUT2D eigenvalue weighted by Gasteiger charge is -2.07. The normalized spacial score (nSPS) is 12.9. The molecule has 1 aromatic heterocycles. The van der Waals surface area contributed by atoms with Crippen molar-refractivity contribution >= 4 is 0 Å². The highest BCUT2D eigenvalue weighted by atomic mass is 16.5. The van der Waals surface area contributed by atoms with Crippen LogP contribution in [0.1, 0.15) is 24.2 Å². The van der Waals surface area contributed by atoms with Crippen molar-refractivity contribution in [2.75, 3.05) is 13.7 Å². The van der Waals surface area contributed by atoms with E-state index in [1.807, 2.05) is 26.2 Å². The summed E-state index contributed by atoms with van der Waals surface area (Å²) in [7, 11) is 1.69. The number of ether oxygens (including phenoxy) is 1. The molecule has 0 aliphatic heterocycles. The second-order valence-corrected chi connectivity index (χ2v) is 2.98. The van der Waals surface area contributed by atoms with Crippen molar-refractivity contribution < 1.29 is 4.74 Å². The molecule has 12 heavy (non-hydrogen) atoms. The van der Waals surface area contributed by atoms with Crippen molar-refractivity contribution in [3.8, 4) is 0 Å². The predicted molar refractivity (Wildman–Crippen MR) is 47.1 cm³/mol. The summed E-state index contributed by atoms with van der Waals surface area (Å²) in [4.78, 5) is 8.41. The minimum absolute atomic E-state index is 0.274. The van der Waals surface area contributed by atoms with Gasteiger partial charge in [-0.15, -0.1) is 0 Å². The molecule has 0 aliphatic rings. The van der Waals surface area contributed by atoms with E-state index in [0.29, 0.717) is 6.61 Å². The van der Waals surface area contributed by atoms with E-state index in [1.165, 1.54) is 0 Å². The molecule has 1 heterocycles. The Hall–Kier alpha value is -0.960. The van der Waals surface area contributed by atoms with E-state index in [0.717, 1.165) is 11.4 Å². The van der Waals surface area contributed by atoms with E-state index in [4.69, 9.17) is 4.74 Å². The lowest BCUT2D eigenvalue weighted by molar-refractivity contribution is 0.181. The van der Waals surface area contributed by atoms with Crippen LogP contribution in [0.3, 0.4) is 0 Å². The van der Waals surface area contributed by atoms with Gasteiger partial charge in [0.25, 0.3) is 0 Å². The smallest absolute Gasteiger partial charge is 0.133 e. The maximum atomic E-state index is 5.01. The van der Waals surface area contributed by atoms with Crippen LogP contribution in [0, 0.1) is 6.92 Å². The van der Waals surface area contributed by atoms with E-state index in [1.54, 1.807) is 7.11 Å². The zero-order chi connectivity index (χ0) is 8.97. The number of aromatic nitrogens is 2. The largest absolute Gasteiger partial charge is 0.384 e. The Bertz CT molecular complexity index is 233. The van der Waals surface area contributed by atoms with Gasteiger partial charge < -0.3 is 4.74 Å². The summed E-state index contributed by atoms with van der Waals surface area (Å²) >= 11 is 0. The van der Waals surface area contributed by atoms with E-state index in [2.05, 4.69) is 9.97 Å². The molecule has 1 aromatic rings. The third kappa shape index (κ3) is 2.27. The summed E-state index contributed by atoms with van der Waals surface area (Å²) < 4.78 is 5.01. The first-order chi connectivity index (χ1) is 5.74. The molecule has 3 nitrogen and oxygen atoms in total. The topological polar surface area (TPSA) is 35.0 Å². The lowest BCUT2D eigenvalue weighted by Crippen LogP contribution is -2.06. The van der Waals surface area contributed by atoms with E-state index in [9.17, 15) is 0 Å².